The van der Waals surface area contributed by atoms with E-state index in [-0.39, 0.29) is 0 Å². The van der Waals surface area contributed by atoms with Crippen LogP contribution >= 0.6 is 0 Å². The van der Waals surface area contributed by atoms with Crippen molar-refractivity contribution in [1.82, 2.24) is 0 Å². The Labute approximate surface area is 372 Å². The summed E-state index contributed by atoms with van der Waals surface area (Å²) in [6.45, 7) is 0. The van der Waals surface area contributed by atoms with Crippen LogP contribution in [0, 0.1) is 0 Å². The van der Waals surface area contributed by atoms with E-state index >= 15 is 0 Å². The zero-order valence-corrected chi connectivity index (χ0v) is 35.0. The molecule has 0 N–H and O–H groups in total. The van der Waals surface area contributed by atoms with Gasteiger partial charge in [-0.05, 0) is 139 Å². The van der Waals surface area contributed by atoms with E-state index < -0.39 is 0 Å². The van der Waals surface area contributed by atoms with Crippen molar-refractivity contribution in [3.05, 3.63) is 249 Å². The summed E-state index contributed by atoms with van der Waals surface area (Å²) in [5.41, 5.74) is 16.7. The smallest absolute Gasteiger partial charge is 0.143 e. The lowest BCUT2D eigenvalue weighted by molar-refractivity contribution is 0.673. The van der Waals surface area contributed by atoms with Gasteiger partial charge in [0.25, 0.3) is 0 Å². The molecule has 0 amide bonds. The molecule has 12 rings (SSSR count). The second-order valence-electron chi connectivity index (χ2n) is 16.5. The fourth-order valence-corrected chi connectivity index (χ4v) is 9.43. The van der Waals surface area contributed by atoms with Gasteiger partial charge in [0.1, 0.15) is 11.2 Å². The van der Waals surface area contributed by atoms with Crippen molar-refractivity contribution in [1.29, 1.82) is 0 Å². The zero-order valence-electron chi connectivity index (χ0n) is 35.0. The second kappa shape index (κ2) is 15.8. The Morgan fingerprint density at radius 1 is 0.250 bits per heavy atom. The topological polar surface area (TPSA) is 16.4 Å². The number of anilines is 3. The van der Waals surface area contributed by atoms with Crippen LogP contribution in [0.1, 0.15) is 0 Å². The van der Waals surface area contributed by atoms with Gasteiger partial charge in [-0.15, -0.1) is 0 Å². The van der Waals surface area contributed by atoms with Crippen LogP contribution in [-0.2, 0) is 0 Å². The Bertz CT molecular complexity index is 3390. The van der Waals surface area contributed by atoms with Gasteiger partial charge in [-0.2, -0.15) is 0 Å². The van der Waals surface area contributed by atoms with E-state index in [1.807, 2.05) is 6.07 Å². The minimum absolute atomic E-state index is 0.916. The molecule has 0 spiro atoms. The van der Waals surface area contributed by atoms with Crippen LogP contribution in [0.5, 0.6) is 0 Å². The predicted molar refractivity (Wildman–Crippen MR) is 271 cm³/mol. The minimum Gasteiger partial charge on any atom is -0.455 e. The number of hydrogen-bond donors (Lipinski definition) is 0. The molecule has 0 saturated carbocycles. The van der Waals surface area contributed by atoms with Gasteiger partial charge in [0, 0.05) is 33.2 Å². The summed E-state index contributed by atoms with van der Waals surface area (Å²) in [7, 11) is 0. The molecule has 0 fully saturated rings. The molecule has 0 aliphatic carbocycles. The quantitative estimate of drug-likeness (QED) is 0.142. The van der Waals surface area contributed by atoms with Gasteiger partial charge < -0.3 is 9.32 Å². The standard InChI is InChI=1S/C62H41NO/c1-5-15-42(16-6-1)50-36-51(43-17-7-2-8-18-43)39-55(38-50)63(56-40-52(44-19-9-3-10-20-44)37-53(41-56)45-21-11-4-12-22-45)54-31-27-46(28-32-54)48-30-33-57-49(35-48)26-25-47-29-34-59-58-23-13-14-24-60(58)64-62(59)61(47)57/h1-41H. The summed E-state index contributed by atoms with van der Waals surface area (Å²) in [5.74, 6) is 0. The van der Waals surface area contributed by atoms with Crippen LogP contribution in [0.3, 0.4) is 0 Å². The molecule has 11 aromatic carbocycles. The number of furan rings is 1. The maximum Gasteiger partial charge on any atom is 0.143 e. The third-order valence-corrected chi connectivity index (χ3v) is 12.6. The fourth-order valence-electron chi connectivity index (χ4n) is 9.43. The first-order valence-corrected chi connectivity index (χ1v) is 21.9. The molecule has 12 aromatic rings. The molecule has 0 aliphatic heterocycles. The van der Waals surface area contributed by atoms with E-state index in [1.54, 1.807) is 0 Å². The molecule has 300 valence electrons. The van der Waals surface area contributed by atoms with E-state index in [0.29, 0.717) is 0 Å². The third-order valence-electron chi connectivity index (χ3n) is 12.6. The van der Waals surface area contributed by atoms with Gasteiger partial charge in [-0.1, -0.05) is 182 Å². The van der Waals surface area contributed by atoms with Crippen molar-refractivity contribution in [3.63, 3.8) is 0 Å². The van der Waals surface area contributed by atoms with Crippen molar-refractivity contribution < 1.29 is 4.42 Å². The maximum absolute atomic E-state index is 6.52. The van der Waals surface area contributed by atoms with E-state index in [4.69, 9.17) is 4.42 Å². The van der Waals surface area contributed by atoms with E-state index in [0.717, 1.165) is 77.8 Å². The molecule has 1 heterocycles. The van der Waals surface area contributed by atoms with Crippen LogP contribution in [0.4, 0.5) is 17.1 Å². The monoisotopic (exact) mass is 815 g/mol. The summed E-state index contributed by atoms with van der Waals surface area (Å²) in [5, 5.41) is 7.00. The molecule has 0 bridgehead atoms. The Morgan fingerprint density at radius 3 is 1.20 bits per heavy atom. The maximum atomic E-state index is 6.52. The number of rotatable bonds is 8. The molecule has 0 unspecified atom stereocenters. The molecular weight excluding hydrogens is 775 g/mol. The first kappa shape index (κ1) is 37.3. The van der Waals surface area contributed by atoms with Gasteiger partial charge >= 0.3 is 0 Å². The average Bonchev–Trinajstić information content (AvgIpc) is 3.76. The molecule has 0 saturated heterocycles. The van der Waals surface area contributed by atoms with E-state index in [9.17, 15) is 0 Å². The first-order valence-electron chi connectivity index (χ1n) is 21.9. The van der Waals surface area contributed by atoms with Crippen LogP contribution in [-0.4, -0.2) is 0 Å². The summed E-state index contributed by atoms with van der Waals surface area (Å²) >= 11 is 0. The number of hydrogen-bond acceptors (Lipinski definition) is 2. The number of benzene rings is 11. The average molecular weight is 816 g/mol. The SMILES string of the molecule is c1ccc(-c2cc(-c3ccccc3)cc(N(c3ccc(-c4ccc5c(ccc6ccc7c8ccccc8oc7c65)c4)cc3)c3cc(-c4ccccc4)cc(-c4ccccc4)c3)c2)cc1. The fraction of sp³-hybridized carbons (Fsp3) is 0. The molecule has 0 radical (unpaired) electrons. The highest BCUT2D eigenvalue weighted by Crippen LogP contribution is 2.44. The minimum atomic E-state index is 0.916. The molecular formula is C62H41NO. The predicted octanol–water partition coefficient (Wildman–Crippen LogP) is 17.7. The van der Waals surface area contributed by atoms with Crippen molar-refractivity contribution in [3.8, 4) is 55.6 Å². The highest BCUT2D eigenvalue weighted by molar-refractivity contribution is 6.23. The lowest BCUT2D eigenvalue weighted by atomic mass is 9.95. The Balaban J connectivity index is 1.03. The van der Waals surface area contributed by atoms with Gasteiger partial charge in [0.2, 0.25) is 0 Å². The van der Waals surface area contributed by atoms with Crippen molar-refractivity contribution in [2.24, 2.45) is 0 Å². The normalized spacial score (nSPS) is 11.4. The lowest BCUT2D eigenvalue weighted by Gasteiger charge is -2.28. The number of fused-ring (bicyclic) bond motifs is 7. The summed E-state index contributed by atoms with van der Waals surface area (Å²) in [4.78, 5) is 2.42. The highest BCUT2D eigenvalue weighted by atomic mass is 16.3. The van der Waals surface area contributed by atoms with E-state index in [1.165, 1.54) is 38.4 Å². The zero-order chi connectivity index (χ0) is 42.4. The van der Waals surface area contributed by atoms with Crippen LogP contribution < -0.4 is 4.90 Å². The lowest BCUT2D eigenvalue weighted by Crippen LogP contribution is -2.11. The van der Waals surface area contributed by atoms with Crippen LogP contribution in [0.15, 0.2) is 253 Å². The Hall–Kier alpha value is -8.46. The molecule has 1 aromatic heterocycles. The van der Waals surface area contributed by atoms with Crippen molar-refractivity contribution in [2.45, 2.75) is 0 Å². The highest BCUT2D eigenvalue weighted by Gasteiger charge is 2.19. The van der Waals surface area contributed by atoms with Crippen molar-refractivity contribution >= 4 is 60.5 Å². The Kier molecular flexibility index (Phi) is 9.20. The molecule has 2 heteroatoms. The summed E-state index contributed by atoms with van der Waals surface area (Å²) < 4.78 is 6.52. The van der Waals surface area contributed by atoms with Gasteiger partial charge in [-0.3, -0.25) is 0 Å². The van der Waals surface area contributed by atoms with Gasteiger partial charge in [0.05, 0.1) is 0 Å². The first-order chi connectivity index (χ1) is 31.7. The molecule has 0 atom stereocenters. The van der Waals surface area contributed by atoms with Crippen molar-refractivity contribution in [2.75, 3.05) is 4.90 Å². The molecule has 0 aliphatic rings. The summed E-state index contributed by atoms with van der Waals surface area (Å²) in [6, 6.07) is 89.9. The Morgan fingerprint density at radius 2 is 0.672 bits per heavy atom. The number of para-hydroxylation sites is 1. The van der Waals surface area contributed by atoms with E-state index in [2.05, 4.69) is 248 Å². The van der Waals surface area contributed by atoms with Gasteiger partial charge in [-0.25, -0.2) is 0 Å². The van der Waals surface area contributed by atoms with Gasteiger partial charge in [0.15, 0.2) is 0 Å². The summed E-state index contributed by atoms with van der Waals surface area (Å²) in [6.07, 6.45) is 0. The van der Waals surface area contributed by atoms with Crippen LogP contribution in [0.2, 0.25) is 0 Å². The molecule has 2 nitrogen and oxygen atoms in total. The largest absolute Gasteiger partial charge is 0.455 e. The third kappa shape index (κ3) is 6.79. The van der Waals surface area contributed by atoms with Crippen LogP contribution in [0.25, 0.3) is 99.1 Å². The number of nitrogens with zero attached hydrogens (tertiary/aromatic N) is 1. The second-order valence-corrected chi connectivity index (χ2v) is 16.5. The molecule has 64 heavy (non-hydrogen) atoms.